The molecule has 0 saturated carbocycles. The molecule has 34 heavy (non-hydrogen) atoms. The fourth-order valence-corrected chi connectivity index (χ4v) is 5.51. The van der Waals surface area contributed by atoms with Crippen molar-refractivity contribution in [3.63, 3.8) is 0 Å². The van der Waals surface area contributed by atoms with Gasteiger partial charge >= 0.3 is 6.03 Å². The summed E-state index contributed by atoms with van der Waals surface area (Å²) in [6, 6.07) is 13.8. The standard InChI is InChI=1S/C26H27ClN4O3/c1-15(2)21(23(32)28-14-16-8-4-6-10-19(16)27)31-24(33)26(3)22-18(12-13-30(26)25(31)34)17-9-5-7-11-20(17)29-22/h4-11,15,21,29H,12-14H2,1-3H3,(H,28,32)/t21-,26-/m0/s1. The summed E-state index contributed by atoms with van der Waals surface area (Å²) in [5.74, 6) is -1.03. The van der Waals surface area contributed by atoms with E-state index in [-0.39, 0.29) is 24.3 Å². The normalized spacial score (nSPS) is 20.6. The Balaban J connectivity index is 1.48. The number of benzene rings is 2. The molecule has 2 aliphatic heterocycles. The summed E-state index contributed by atoms with van der Waals surface area (Å²) in [6.07, 6.45) is 0.646. The highest BCUT2D eigenvalue weighted by Gasteiger charge is 2.61. The van der Waals surface area contributed by atoms with E-state index in [0.717, 1.165) is 32.6 Å². The first-order valence-corrected chi connectivity index (χ1v) is 11.9. The van der Waals surface area contributed by atoms with Gasteiger partial charge in [0.15, 0.2) is 5.54 Å². The van der Waals surface area contributed by atoms with Gasteiger partial charge in [-0.05, 0) is 42.5 Å². The minimum atomic E-state index is -1.18. The van der Waals surface area contributed by atoms with Crippen molar-refractivity contribution in [3.8, 4) is 0 Å². The van der Waals surface area contributed by atoms with Gasteiger partial charge in [0, 0.05) is 29.0 Å². The molecule has 8 heteroatoms. The van der Waals surface area contributed by atoms with Crippen LogP contribution in [0, 0.1) is 5.92 Å². The van der Waals surface area contributed by atoms with Crippen LogP contribution in [0.25, 0.3) is 10.9 Å². The van der Waals surface area contributed by atoms with E-state index in [1.807, 2.05) is 56.3 Å². The van der Waals surface area contributed by atoms with Gasteiger partial charge in [0.2, 0.25) is 5.91 Å². The van der Waals surface area contributed by atoms with Gasteiger partial charge in [-0.2, -0.15) is 0 Å². The summed E-state index contributed by atoms with van der Waals surface area (Å²) < 4.78 is 0. The van der Waals surface area contributed by atoms with Gasteiger partial charge in [0.05, 0.1) is 5.69 Å². The number of aromatic nitrogens is 1. The van der Waals surface area contributed by atoms with Crippen molar-refractivity contribution in [2.75, 3.05) is 6.54 Å². The number of fused-ring (bicyclic) bond motifs is 5. The van der Waals surface area contributed by atoms with Crippen LogP contribution in [0.2, 0.25) is 5.02 Å². The number of halogens is 1. The smallest absolute Gasteiger partial charge is 0.328 e. The molecule has 0 bridgehead atoms. The topological polar surface area (TPSA) is 85.5 Å². The van der Waals surface area contributed by atoms with E-state index in [1.165, 1.54) is 0 Å². The molecule has 7 nitrogen and oxygen atoms in total. The van der Waals surface area contributed by atoms with Crippen LogP contribution < -0.4 is 5.32 Å². The second-order valence-corrected chi connectivity index (χ2v) is 9.86. The number of para-hydroxylation sites is 1. The van der Waals surface area contributed by atoms with Crippen molar-refractivity contribution in [1.29, 1.82) is 0 Å². The molecule has 2 N–H and O–H groups in total. The molecule has 176 valence electrons. The number of carbonyl (C=O) groups excluding carboxylic acids is 3. The molecule has 1 fully saturated rings. The Labute approximate surface area is 203 Å². The number of H-pyrrole nitrogens is 1. The van der Waals surface area contributed by atoms with Crippen molar-refractivity contribution in [1.82, 2.24) is 20.1 Å². The average molecular weight is 479 g/mol. The molecule has 4 amide bonds. The highest BCUT2D eigenvalue weighted by Crippen LogP contribution is 2.45. The molecule has 1 aromatic heterocycles. The zero-order valence-electron chi connectivity index (χ0n) is 19.4. The molecule has 5 rings (SSSR count). The van der Waals surface area contributed by atoms with Crippen LogP contribution in [-0.4, -0.2) is 45.2 Å². The molecule has 1 saturated heterocycles. The quantitative estimate of drug-likeness (QED) is 0.539. The van der Waals surface area contributed by atoms with Gasteiger partial charge in [-0.1, -0.05) is 61.8 Å². The van der Waals surface area contributed by atoms with Gasteiger partial charge in [0.1, 0.15) is 6.04 Å². The lowest BCUT2D eigenvalue weighted by Crippen LogP contribution is -2.53. The van der Waals surface area contributed by atoms with Gasteiger partial charge < -0.3 is 15.2 Å². The van der Waals surface area contributed by atoms with Crippen molar-refractivity contribution < 1.29 is 14.4 Å². The highest BCUT2D eigenvalue weighted by molar-refractivity contribution is 6.31. The number of carbonyl (C=O) groups is 3. The lowest BCUT2D eigenvalue weighted by Gasteiger charge is -2.36. The Morgan fingerprint density at radius 3 is 2.59 bits per heavy atom. The van der Waals surface area contributed by atoms with Crippen molar-refractivity contribution in [2.24, 2.45) is 5.92 Å². The largest absolute Gasteiger partial charge is 0.356 e. The summed E-state index contributed by atoms with van der Waals surface area (Å²) in [7, 11) is 0. The van der Waals surface area contributed by atoms with Gasteiger partial charge in [-0.3, -0.25) is 9.59 Å². The minimum absolute atomic E-state index is 0.213. The number of hydrogen-bond acceptors (Lipinski definition) is 3. The minimum Gasteiger partial charge on any atom is -0.356 e. The third-order valence-electron chi connectivity index (χ3n) is 7.09. The predicted molar refractivity (Wildman–Crippen MR) is 130 cm³/mol. The number of amides is 4. The molecule has 0 unspecified atom stereocenters. The lowest BCUT2D eigenvalue weighted by molar-refractivity contribution is -0.140. The number of nitrogens with one attached hydrogen (secondary N) is 2. The summed E-state index contributed by atoms with van der Waals surface area (Å²) in [6.45, 7) is 6.09. The van der Waals surface area contributed by atoms with Crippen LogP contribution in [0.3, 0.4) is 0 Å². The van der Waals surface area contributed by atoms with Crippen molar-refractivity contribution in [3.05, 3.63) is 70.4 Å². The van der Waals surface area contributed by atoms with E-state index in [4.69, 9.17) is 11.6 Å². The van der Waals surface area contributed by atoms with Crippen LogP contribution in [0.1, 0.15) is 37.6 Å². The summed E-state index contributed by atoms with van der Waals surface area (Å²) in [5, 5.41) is 4.49. The Morgan fingerprint density at radius 1 is 1.15 bits per heavy atom. The highest BCUT2D eigenvalue weighted by atomic mass is 35.5. The number of hydrogen-bond donors (Lipinski definition) is 2. The molecule has 2 aromatic carbocycles. The van der Waals surface area contributed by atoms with Crippen molar-refractivity contribution >= 4 is 40.3 Å². The van der Waals surface area contributed by atoms with E-state index in [9.17, 15) is 14.4 Å². The molecule has 0 aliphatic carbocycles. The van der Waals surface area contributed by atoms with Crippen LogP contribution in [0.4, 0.5) is 4.79 Å². The van der Waals surface area contributed by atoms with E-state index in [2.05, 4.69) is 10.3 Å². The molecular weight excluding hydrogens is 452 g/mol. The summed E-state index contributed by atoms with van der Waals surface area (Å²) in [4.78, 5) is 47.0. The fourth-order valence-electron chi connectivity index (χ4n) is 5.31. The monoisotopic (exact) mass is 478 g/mol. The Kier molecular flexibility index (Phi) is 5.40. The van der Waals surface area contributed by atoms with Gasteiger partial charge in [-0.15, -0.1) is 0 Å². The molecule has 2 aliphatic rings. The zero-order chi connectivity index (χ0) is 24.2. The number of rotatable bonds is 5. The van der Waals surface area contributed by atoms with E-state index < -0.39 is 17.6 Å². The van der Waals surface area contributed by atoms with E-state index >= 15 is 0 Å². The number of aromatic amines is 1. The lowest BCUT2D eigenvalue weighted by atomic mass is 9.86. The molecule has 0 spiro atoms. The average Bonchev–Trinajstić information content (AvgIpc) is 3.28. The first kappa shape index (κ1) is 22.5. The van der Waals surface area contributed by atoms with Crippen LogP contribution >= 0.6 is 11.6 Å². The van der Waals surface area contributed by atoms with Crippen LogP contribution in [0.15, 0.2) is 48.5 Å². The second kappa shape index (κ2) is 8.17. The Morgan fingerprint density at radius 2 is 1.85 bits per heavy atom. The molecule has 3 aromatic rings. The number of imide groups is 1. The number of nitrogens with zero attached hydrogens (tertiary/aromatic N) is 2. The Bertz CT molecular complexity index is 1320. The maximum absolute atomic E-state index is 13.9. The molecule has 0 radical (unpaired) electrons. The fraction of sp³-hybridized carbons (Fsp3) is 0.346. The third kappa shape index (κ3) is 3.21. The number of urea groups is 1. The molecular formula is C26H27ClN4O3. The first-order chi connectivity index (χ1) is 16.2. The zero-order valence-corrected chi connectivity index (χ0v) is 20.1. The second-order valence-electron chi connectivity index (χ2n) is 9.45. The van der Waals surface area contributed by atoms with Gasteiger partial charge in [-0.25, -0.2) is 9.69 Å². The predicted octanol–water partition coefficient (Wildman–Crippen LogP) is 4.20. The maximum atomic E-state index is 13.9. The third-order valence-corrected chi connectivity index (χ3v) is 7.46. The molecule has 3 heterocycles. The Hall–Kier alpha value is -3.32. The van der Waals surface area contributed by atoms with Crippen LogP contribution in [-0.2, 0) is 28.1 Å². The summed E-state index contributed by atoms with van der Waals surface area (Å²) >= 11 is 6.23. The van der Waals surface area contributed by atoms with Crippen molar-refractivity contribution in [2.45, 2.75) is 45.3 Å². The first-order valence-electron chi connectivity index (χ1n) is 11.5. The van der Waals surface area contributed by atoms with Crippen LogP contribution in [0.5, 0.6) is 0 Å². The maximum Gasteiger partial charge on any atom is 0.328 e. The van der Waals surface area contributed by atoms with E-state index in [0.29, 0.717) is 18.0 Å². The van der Waals surface area contributed by atoms with E-state index in [1.54, 1.807) is 17.9 Å². The van der Waals surface area contributed by atoms with Gasteiger partial charge in [0.25, 0.3) is 5.91 Å². The SMILES string of the molecule is CC(C)[C@@H](C(=O)NCc1ccccc1Cl)N1C(=O)N2CCc3c([nH]c4ccccc34)[C@@]2(C)C1=O. The molecule has 2 atom stereocenters. The summed E-state index contributed by atoms with van der Waals surface area (Å²) in [5.41, 5.74) is 2.32.